The zero-order chi connectivity index (χ0) is 6.41. The Hall–Kier alpha value is 0.0300. The van der Waals surface area contributed by atoms with Crippen LogP contribution in [0.3, 0.4) is 0 Å². The maximum atomic E-state index is 9.69. The Morgan fingerprint density at radius 3 is 2.56 bits per heavy atom. The van der Waals surface area contributed by atoms with E-state index in [9.17, 15) is 9.90 Å². The van der Waals surface area contributed by atoms with E-state index in [4.69, 9.17) is 6.42 Å². The van der Waals surface area contributed by atoms with E-state index in [-0.39, 0.29) is 36.0 Å². The summed E-state index contributed by atoms with van der Waals surface area (Å²) >= 11 is 0. The summed E-state index contributed by atoms with van der Waals surface area (Å²) in [5.74, 6) is 1.30. The zero-order valence-electron chi connectivity index (χ0n) is 5.52. The Labute approximate surface area is 76.9 Å². The first kappa shape index (κ1) is 11.8. The van der Waals surface area contributed by atoms with Gasteiger partial charge in [-0.1, -0.05) is 0 Å². The zero-order valence-corrected chi connectivity index (χ0v) is 7.52. The van der Waals surface area contributed by atoms with Crippen molar-refractivity contribution in [2.45, 2.75) is 19.3 Å². The van der Waals surface area contributed by atoms with E-state index in [1.54, 1.807) is 0 Å². The molecule has 0 bridgehead atoms. The quantitative estimate of drug-likeness (QED) is 0.229. The van der Waals surface area contributed by atoms with E-state index >= 15 is 0 Å². The van der Waals surface area contributed by atoms with Gasteiger partial charge in [0.25, 0.3) is 0 Å². The molecule has 0 radical (unpaired) electrons. The fraction of sp³-hybridized carbons (Fsp3) is 0.500. The predicted molar refractivity (Wildman–Crippen MR) is 27.7 cm³/mol. The molecular formula is C6H7NaO2. The molecule has 0 atom stereocenters. The third-order valence-corrected chi connectivity index (χ3v) is 0.702. The van der Waals surface area contributed by atoms with Crippen molar-refractivity contribution in [3.05, 3.63) is 0 Å². The van der Waals surface area contributed by atoms with Crippen LogP contribution >= 0.6 is 0 Å². The van der Waals surface area contributed by atoms with Gasteiger partial charge in [-0.3, -0.25) is 0 Å². The van der Waals surface area contributed by atoms with Crippen LogP contribution in [0.2, 0.25) is 0 Å². The average molecular weight is 134 g/mol. The summed E-state index contributed by atoms with van der Waals surface area (Å²) in [5, 5.41) is 9.69. The molecule has 0 aromatic carbocycles. The predicted octanol–water partition coefficient (Wildman–Crippen LogP) is -3.46. The number of carboxylic acids is 1. The SMILES string of the molecule is C#CCCCC(=O)[O-].[Na+]. The summed E-state index contributed by atoms with van der Waals surface area (Å²) in [6, 6.07) is 0. The number of hydrogen-bond acceptors (Lipinski definition) is 2. The minimum atomic E-state index is -1.03. The number of aliphatic carboxylic acids is 1. The molecule has 2 nitrogen and oxygen atoms in total. The number of terminal acetylenes is 1. The molecule has 0 aliphatic rings. The Balaban J connectivity index is 0. The summed E-state index contributed by atoms with van der Waals surface area (Å²) in [7, 11) is 0. The minimum Gasteiger partial charge on any atom is -0.550 e. The molecule has 0 aliphatic carbocycles. The minimum absolute atomic E-state index is 0. The maximum absolute atomic E-state index is 9.69. The van der Waals surface area contributed by atoms with Crippen molar-refractivity contribution in [3.8, 4) is 12.3 Å². The van der Waals surface area contributed by atoms with Gasteiger partial charge in [0.05, 0.1) is 0 Å². The topological polar surface area (TPSA) is 40.1 Å². The Bertz CT molecular complexity index is 115. The van der Waals surface area contributed by atoms with Gasteiger partial charge in [0.1, 0.15) is 0 Å². The third kappa shape index (κ3) is 11.5. The van der Waals surface area contributed by atoms with Crippen molar-refractivity contribution in [2.24, 2.45) is 0 Å². The first-order valence-corrected chi connectivity index (χ1v) is 2.40. The summed E-state index contributed by atoms with van der Waals surface area (Å²) in [6.07, 6.45) is 5.97. The van der Waals surface area contributed by atoms with Gasteiger partial charge in [-0.05, 0) is 12.8 Å². The van der Waals surface area contributed by atoms with Gasteiger partial charge in [0.2, 0.25) is 0 Å². The molecule has 3 heteroatoms. The van der Waals surface area contributed by atoms with Crippen molar-refractivity contribution in [1.82, 2.24) is 0 Å². The molecule has 0 amide bonds. The molecule has 0 fully saturated rings. The first-order valence-electron chi connectivity index (χ1n) is 2.40. The summed E-state index contributed by atoms with van der Waals surface area (Å²) < 4.78 is 0. The second-order valence-electron chi connectivity index (χ2n) is 1.43. The smallest absolute Gasteiger partial charge is 0.550 e. The van der Waals surface area contributed by atoms with E-state index in [0.29, 0.717) is 12.8 Å². The van der Waals surface area contributed by atoms with Crippen LogP contribution in [-0.4, -0.2) is 5.97 Å². The maximum Gasteiger partial charge on any atom is 1.00 e. The molecule has 0 saturated heterocycles. The molecule has 0 aliphatic heterocycles. The number of carbonyl (C=O) groups excluding carboxylic acids is 1. The first-order chi connectivity index (χ1) is 3.77. The van der Waals surface area contributed by atoms with Crippen molar-refractivity contribution < 1.29 is 39.5 Å². The average Bonchev–Trinajstić information content (AvgIpc) is 1.66. The Kier molecular flexibility index (Phi) is 10.5. The summed E-state index contributed by atoms with van der Waals surface area (Å²) in [5.41, 5.74) is 0. The number of rotatable bonds is 3. The van der Waals surface area contributed by atoms with Gasteiger partial charge < -0.3 is 9.90 Å². The number of unbranched alkanes of at least 4 members (excludes halogenated alkanes) is 1. The molecular weight excluding hydrogens is 127 g/mol. The van der Waals surface area contributed by atoms with Crippen LogP contribution in [0.4, 0.5) is 0 Å². The van der Waals surface area contributed by atoms with Gasteiger partial charge in [0, 0.05) is 12.4 Å². The van der Waals surface area contributed by atoms with E-state index in [1.807, 2.05) is 0 Å². The van der Waals surface area contributed by atoms with Crippen LogP contribution in [-0.2, 0) is 4.79 Å². The molecule has 0 saturated carbocycles. The Morgan fingerprint density at radius 1 is 1.67 bits per heavy atom. The van der Waals surface area contributed by atoms with Crippen LogP contribution < -0.4 is 34.7 Å². The van der Waals surface area contributed by atoms with Gasteiger partial charge in [-0.15, -0.1) is 12.3 Å². The van der Waals surface area contributed by atoms with E-state index < -0.39 is 5.97 Å². The van der Waals surface area contributed by atoms with Crippen LogP contribution in [0.25, 0.3) is 0 Å². The molecule has 0 rings (SSSR count). The summed E-state index contributed by atoms with van der Waals surface area (Å²) in [4.78, 5) is 9.69. The van der Waals surface area contributed by atoms with Crippen molar-refractivity contribution >= 4 is 5.97 Å². The fourth-order valence-corrected chi connectivity index (χ4v) is 0.335. The molecule has 0 heterocycles. The van der Waals surface area contributed by atoms with Crippen LogP contribution in [0.1, 0.15) is 19.3 Å². The molecule has 0 spiro atoms. The standard InChI is InChI=1S/C6H8O2.Na/c1-2-3-4-5-6(7)8;/h1H,3-5H2,(H,7,8);/q;+1/p-1. The van der Waals surface area contributed by atoms with Crippen molar-refractivity contribution in [1.29, 1.82) is 0 Å². The molecule has 0 unspecified atom stereocenters. The second-order valence-corrected chi connectivity index (χ2v) is 1.43. The molecule has 0 aromatic heterocycles. The van der Waals surface area contributed by atoms with E-state index in [2.05, 4.69) is 5.92 Å². The van der Waals surface area contributed by atoms with Crippen LogP contribution in [0, 0.1) is 12.3 Å². The second kappa shape index (κ2) is 8.03. The molecule has 0 N–H and O–H groups in total. The largest absolute Gasteiger partial charge is 1.00 e. The Morgan fingerprint density at radius 2 is 2.22 bits per heavy atom. The van der Waals surface area contributed by atoms with Crippen LogP contribution in [0.5, 0.6) is 0 Å². The molecule has 9 heavy (non-hydrogen) atoms. The van der Waals surface area contributed by atoms with E-state index in [1.165, 1.54) is 0 Å². The van der Waals surface area contributed by atoms with Gasteiger partial charge in [-0.25, -0.2) is 0 Å². The molecule has 0 aromatic rings. The monoisotopic (exact) mass is 134 g/mol. The van der Waals surface area contributed by atoms with Crippen LogP contribution in [0.15, 0.2) is 0 Å². The number of carboxylic acid groups (broad SMARTS) is 1. The van der Waals surface area contributed by atoms with Crippen molar-refractivity contribution in [3.63, 3.8) is 0 Å². The normalized spacial score (nSPS) is 7.00. The van der Waals surface area contributed by atoms with Gasteiger partial charge >= 0.3 is 29.6 Å². The van der Waals surface area contributed by atoms with Gasteiger partial charge in [-0.2, -0.15) is 0 Å². The van der Waals surface area contributed by atoms with Gasteiger partial charge in [0.15, 0.2) is 0 Å². The third-order valence-electron chi connectivity index (χ3n) is 0.702. The number of carbonyl (C=O) groups is 1. The van der Waals surface area contributed by atoms with E-state index in [0.717, 1.165) is 0 Å². The number of hydrogen-bond donors (Lipinski definition) is 0. The fourth-order valence-electron chi connectivity index (χ4n) is 0.335. The van der Waals surface area contributed by atoms with Crippen molar-refractivity contribution in [2.75, 3.05) is 0 Å². The summed E-state index contributed by atoms with van der Waals surface area (Å²) in [6.45, 7) is 0. The molecule has 44 valence electrons.